The van der Waals surface area contributed by atoms with Crippen LogP contribution in [0.3, 0.4) is 0 Å². The van der Waals surface area contributed by atoms with Crippen LogP contribution in [0.15, 0.2) is 42.5 Å². The summed E-state index contributed by atoms with van der Waals surface area (Å²) >= 11 is 0. The van der Waals surface area contributed by atoms with Crippen molar-refractivity contribution < 1.29 is 22.0 Å². The van der Waals surface area contributed by atoms with Gasteiger partial charge in [-0.2, -0.15) is 13.2 Å². The lowest BCUT2D eigenvalue weighted by Crippen LogP contribution is -2.08. The third kappa shape index (κ3) is 3.26. The van der Waals surface area contributed by atoms with Gasteiger partial charge in [-0.3, -0.25) is 0 Å². The maximum Gasteiger partial charge on any atom is 0.416 e. The summed E-state index contributed by atoms with van der Waals surface area (Å²) in [6.07, 6.45) is -4.45. The van der Waals surface area contributed by atoms with E-state index in [9.17, 15) is 22.0 Å². The zero-order valence-electron chi connectivity index (χ0n) is 10.1. The third-order valence-electron chi connectivity index (χ3n) is 2.69. The van der Waals surface area contributed by atoms with E-state index in [1.165, 1.54) is 18.2 Å². The van der Waals surface area contributed by atoms with Gasteiger partial charge in [-0.05, 0) is 29.8 Å². The molecule has 106 valence electrons. The summed E-state index contributed by atoms with van der Waals surface area (Å²) in [4.78, 5) is 0. The largest absolute Gasteiger partial charge is 0.416 e. The van der Waals surface area contributed by atoms with Crippen LogP contribution in [0.1, 0.15) is 11.1 Å². The maximum atomic E-state index is 13.3. The molecule has 1 N–H and O–H groups in total. The summed E-state index contributed by atoms with van der Waals surface area (Å²) in [7, 11) is 0. The number of hydrogen-bond acceptors (Lipinski definition) is 1. The normalized spacial score (nSPS) is 11.4. The summed E-state index contributed by atoms with van der Waals surface area (Å²) in [5.41, 5.74) is -0.877. The summed E-state index contributed by atoms with van der Waals surface area (Å²) in [6, 6.07) is 7.91. The Labute approximate surface area is 112 Å². The highest BCUT2D eigenvalue weighted by Gasteiger charge is 2.30. The van der Waals surface area contributed by atoms with Crippen molar-refractivity contribution in [2.45, 2.75) is 12.7 Å². The highest BCUT2D eigenvalue weighted by atomic mass is 19.4. The number of rotatable bonds is 3. The molecule has 1 nitrogen and oxygen atoms in total. The molecule has 0 aliphatic heterocycles. The van der Waals surface area contributed by atoms with Gasteiger partial charge in [-0.25, -0.2) is 8.78 Å². The molecule has 0 atom stereocenters. The van der Waals surface area contributed by atoms with Gasteiger partial charge in [0.15, 0.2) is 0 Å². The number of para-hydroxylation sites is 1. The Hall–Kier alpha value is -2.11. The second kappa shape index (κ2) is 5.48. The van der Waals surface area contributed by atoms with Gasteiger partial charge in [0.1, 0.15) is 17.3 Å². The van der Waals surface area contributed by atoms with Gasteiger partial charge in [0.25, 0.3) is 0 Å². The molecular formula is C14H10F5N. The molecule has 0 aromatic heterocycles. The van der Waals surface area contributed by atoms with E-state index in [0.29, 0.717) is 0 Å². The number of benzene rings is 2. The van der Waals surface area contributed by atoms with E-state index in [1.54, 1.807) is 0 Å². The van der Waals surface area contributed by atoms with Crippen LogP contribution >= 0.6 is 0 Å². The first-order valence-electron chi connectivity index (χ1n) is 5.72. The highest BCUT2D eigenvalue weighted by molar-refractivity contribution is 5.46. The topological polar surface area (TPSA) is 12.0 Å². The second-order valence-electron chi connectivity index (χ2n) is 4.15. The third-order valence-corrected chi connectivity index (χ3v) is 2.69. The molecule has 0 aliphatic rings. The quantitative estimate of drug-likeness (QED) is 0.814. The molecule has 2 aromatic carbocycles. The van der Waals surface area contributed by atoms with Gasteiger partial charge in [-0.15, -0.1) is 0 Å². The zero-order valence-corrected chi connectivity index (χ0v) is 10.1. The van der Waals surface area contributed by atoms with Crippen LogP contribution in [0.25, 0.3) is 0 Å². The molecule has 0 heterocycles. The van der Waals surface area contributed by atoms with Gasteiger partial charge in [0.05, 0.1) is 5.56 Å². The van der Waals surface area contributed by atoms with E-state index in [4.69, 9.17) is 0 Å². The molecule has 2 rings (SSSR count). The molecule has 0 amide bonds. The van der Waals surface area contributed by atoms with Gasteiger partial charge < -0.3 is 5.32 Å². The Balaban J connectivity index is 2.16. The van der Waals surface area contributed by atoms with E-state index < -0.39 is 23.4 Å². The van der Waals surface area contributed by atoms with Crippen LogP contribution in [-0.2, 0) is 12.7 Å². The minimum absolute atomic E-state index is 0.109. The number of hydrogen-bond donors (Lipinski definition) is 1. The molecule has 0 saturated heterocycles. The molecule has 20 heavy (non-hydrogen) atoms. The SMILES string of the molecule is Fc1cccc(F)c1NCc1cccc(C(F)(F)F)c1. The minimum Gasteiger partial charge on any atom is -0.376 e. The molecule has 0 aliphatic carbocycles. The molecular weight excluding hydrogens is 277 g/mol. The van der Waals surface area contributed by atoms with E-state index in [2.05, 4.69) is 5.32 Å². The first-order chi connectivity index (χ1) is 9.38. The minimum atomic E-state index is -4.45. The molecule has 2 aromatic rings. The molecule has 0 unspecified atom stereocenters. The Bertz CT molecular complexity index is 587. The fourth-order valence-electron chi connectivity index (χ4n) is 1.71. The smallest absolute Gasteiger partial charge is 0.376 e. The molecule has 0 radical (unpaired) electrons. The average Bonchev–Trinajstić information content (AvgIpc) is 2.37. The van der Waals surface area contributed by atoms with Crippen LogP contribution in [0.5, 0.6) is 0 Å². The van der Waals surface area contributed by atoms with E-state index >= 15 is 0 Å². The molecule has 0 spiro atoms. The molecule has 0 saturated carbocycles. The van der Waals surface area contributed by atoms with Crippen LogP contribution in [0.4, 0.5) is 27.6 Å². The highest BCUT2D eigenvalue weighted by Crippen LogP contribution is 2.29. The second-order valence-corrected chi connectivity index (χ2v) is 4.15. The van der Waals surface area contributed by atoms with Gasteiger partial charge in [0.2, 0.25) is 0 Å². The van der Waals surface area contributed by atoms with Crippen molar-refractivity contribution in [1.82, 2.24) is 0 Å². The summed E-state index contributed by atoms with van der Waals surface area (Å²) in [5, 5.41) is 2.46. The predicted octanol–water partition coefficient (Wildman–Crippen LogP) is 4.60. The van der Waals surface area contributed by atoms with Gasteiger partial charge in [-0.1, -0.05) is 18.2 Å². The number of halogens is 5. The Kier molecular flexibility index (Phi) is 3.92. The monoisotopic (exact) mass is 287 g/mol. The Morgan fingerprint density at radius 3 is 2.10 bits per heavy atom. The molecule has 0 fully saturated rings. The summed E-state index contributed by atoms with van der Waals surface area (Å²) < 4.78 is 64.2. The molecule has 6 heteroatoms. The van der Waals surface area contributed by atoms with Gasteiger partial charge >= 0.3 is 6.18 Å². The lowest BCUT2D eigenvalue weighted by Gasteiger charge is -2.11. The lowest BCUT2D eigenvalue weighted by molar-refractivity contribution is -0.137. The van der Waals surface area contributed by atoms with Crippen molar-refractivity contribution in [1.29, 1.82) is 0 Å². The van der Waals surface area contributed by atoms with Crippen molar-refractivity contribution in [3.05, 3.63) is 65.2 Å². The van der Waals surface area contributed by atoms with Crippen LogP contribution in [-0.4, -0.2) is 0 Å². The van der Waals surface area contributed by atoms with Crippen molar-refractivity contribution in [2.24, 2.45) is 0 Å². The van der Waals surface area contributed by atoms with E-state index in [-0.39, 0.29) is 17.8 Å². The van der Waals surface area contributed by atoms with Crippen LogP contribution in [0, 0.1) is 11.6 Å². The number of nitrogens with one attached hydrogen (secondary N) is 1. The number of anilines is 1. The fraction of sp³-hybridized carbons (Fsp3) is 0.143. The van der Waals surface area contributed by atoms with Crippen molar-refractivity contribution in [3.8, 4) is 0 Å². The standard InChI is InChI=1S/C14H10F5N/c15-11-5-2-6-12(16)13(11)20-8-9-3-1-4-10(7-9)14(17,18)19/h1-7,20H,8H2. The fourth-order valence-corrected chi connectivity index (χ4v) is 1.71. The van der Waals surface area contributed by atoms with E-state index in [1.807, 2.05) is 0 Å². The average molecular weight is 287 g/mol. The zero-order chi connectivity index (χ0) is 14.8. The van der Waals surface area contributed by atoms with Crippen molar-refractivity contribution >= 4 is 5.69 Å². The van der Waals surface area contributed by atoms with Gasteiger partial charge in [0, 0.05) is 6.54 Å². The van der Waals surface area contributed by atoms with E-state index in [0.717, 1.165) is 24.3 Å². The van der Waals surface area contributed by atoms with Crippen molar-refractivity contribution in [3.63, 3.8) is 0 Å². The summed E-state index contributed by atoms with van der Waals surface area (Å²) in [6.45, 7) is -0.109. The molecule has 0 bridgehead atoms. The lowest BCUT2D eigenvalue weighted by atomic mass is 10.1. The summed E-state index contributed by atoms with van der Waals surface area (Å²) in [5.74, 6) is -1.59. The van der Waals surface area contributed by atoms with Crippen LogP contribution < -0.4 is 5.32 Å². The maximum absolute atomic E-state index is 13.3. The first-order valence-corrected chi connectivity index (χ1v) is 5.72. The van der Waals surface area contributed by atoms with Crippen molar-refractivity contribution in [2.75, 3.05) is 5.32 Å². The number of alkyl halides is 3. The predicted molar refractivity (Wildman–Crippen MR) is 65.1 cm³/mol. The van der Waals surface area contributed by atoms with Crippen LogP contribution in [0.2, 0.25) is 0 Å². The Morgan fingerprint density at radius 1 is 0.900 bits per heavy atom. The Morgan fingerprint density at radius 2 is 1.50 bits per heavy atom. The first kappa shape index (κ1) is 14.3.